The zero-order valence-electron chi connectivity index (χ0n) is 36.8. The summed E-state index contributed by atoms with van der Waals surface area (Å²) in [6, 6.07) is -3.23. The van der Waals surface area contributed by atoms with Gasteiger partial charge in [0, 0.05) is 57.1 Å². The first-order valence-corrected chi connectivity index (χ1v) is 20.8. The molecule has 0 spiro atoms. The number of ether oxygens (including phenoxy) is 1. The fourth-order valence-corrected chi connectivity index (χ4v) is 7.07. The van der Waals surface area contributed by atoms with Crippen molar-refractivity contribution in [1.82, 2.24) is 14.9 Å². The van der Waals surface area contributed by atoms with Gasteiger partial charge in [0.05, 0.1) is 18.4 Å². The standard InChI is InChI=1S/C40H53N11O18/c1-50-19(16-47-31-30(50)32(58)49-39(45)48-31)15-46-18-4-2-17(3-5-18)33(59)51(27(54)12-8-23(43)36(64)65)40(26(53)11-7-22(42)35(62)63,38(68)69-29(57)13-9-24(44)37(66)67)20(14-28(55)56)25(52)10-6-21(41)34(60)61/h2-5,19-24,46H,6-16,41-44H2,1H3,(H,55,56)(H,60,61)(H,62,63)(H,64,65)(H,66,67)(H4,45,47,48,49,58)/t19?,20?,21-,22-,23-,24-,40+/m0/s1. The van der Waals surface area contributed by atoms with E-state index >= 15 is 4.79 Å². The zero-order valence-corrected chi connectivity index (χ0v) is 36.8. The first kappa shape index (κ1) is 55.4. The summed E-state index contributed by atoms with van der Waals surface area (Å²) >= 11 is 0. The highest BCUT2D eigenvalue weighted by Gasteiger charge is 2.63. The number of hydrogen-bond acceptors (Lipinski definition) is 22. The minimum atomic E-state index is -3.95. The first-order valence-electron chi connectivity index (χ1n) is 20.8. The Morgan fingerprint density at radius 3 is 1.83 bits per heavy atom. The summed E-state index contributed by atoms with van der Waals surface area (Å²) < 4.78 is 4.96. The Kier molecular flexibility index (Phi) is 19.5. The summed E-state index contributed by atoms with van der Waals surface area (Å²) in [7, 11) is 1.62. The molecule has 0 radical (unpaired) electrons. The van der Waals surface area contributed by atoms with Crippen LogP contribution in [0.3, 0.4) is 0 Å². The molecule has 376 valence electrons. The predicted molar refractivity (Wildman–Crippen MR) is 235 cm³/mol. The summed E-state index contributed by atoms with van der Waals surface area (Å²) in [4.78, 5) is 167. The Morgan fingerprint density at radius 2 is 1.30 bits per heavy atom. The SMILES string of the molecule is CN1c2c(nc(N)[nH]c2=O)NCC1CNc1ccc(C(=O)N(C(=O)CC[C@H](N)C(=O)O)[C@](C(=O)CC[C@H](N)C(=O)O)(C(=O)OC(=O)CC[C@H](N)C(=O)O)C(CC(=O)O)C(=O)CC[C@H](N)C(=O)O)cc1. The van der Waals surface area contributed by atoms with Crippen molar-refractivity contribution in [3.63, 3.8) is 0 Å². The van der Waals surface area contributed by atoms with Crippen molar-refractivity contribution in [3.05, 3.63) is 40.2 Å². The number of amides is 2. The number of carboxylic acid groups (broad SMARTS) is 5. The quantitative estimate of drug-likeness (QED) is 0.0305. The number of nitrogens with zero attached hydrogens (tertiary/aromatic N) is 3. The topological polar surface area (TPSA) is 505 Å². The van der Waals surface area contributed by atoms with Gasteiger partial charge in [-0.05, 0) is 49.9 Å². The van der Waals surface area contributed by atoms with E-state index in [4.69, 9.17) is 33.4 Å². The van der Waals surface area contributed by atoms with Crippen LogP contribution in [0.1, 0.15) is 68.1 Å². The van der Waals surface area contributed by atoms with Crippen LogP contribution >= 0.6 is 0 Å². The first-order chi connectivity index (χ1) is 32.2. The molecule has 2 amide bonds. The third-order valence-electron chi connectivity index (χ3n) is 11.0. The molecule has 0 fully saturated rings. The third kappa shape index (κ3) is 14.1. The molecule has 29 nitrogen and oxygen atoms in total. The summed E-state index contributed by atoms with van der Waals surface area (Å²) in [5.41, 5.74) is 23.3. The van der Waals surface area contributed by atoms with Crippen LogP contribution in [0.15, 0.2) is 29.1 Å². The number of Topliss-reactive ketones (excluding diaryl/α,β-unsaturated/α-hetero) is 2. The number of nitrogen functional groups attached to an aromatic ring is 1. The van der Waals surface area contributed by atoms with Gasteiger partial charge in [-0.3, -0.25) is 62.6 Å². The smallest absolute Gasteiger partial charge is 0.348 e. The number of carbonyl (C=O) groups excluding carboxylic acids is 6. The van der Waals surface area contributed by atoms with Crippen LogP contribution in [-0.4, -0.2) is 161 Å². The molecule has 29 heteroatoms. The lowest BCUT2D eigenvalue weighted by molar-refractivity contribution is -0.178. The number of carboxylic acids is 5. The highest BCUT2D eigenvalue weighted by atomic mass is 16.6. The normalized spacial score (nSPS) is 16.1. The van der Waals surface area contributed by atoms with Gasteiger partial charge in [0.15, 0.2) is 11.6 Å². The molecule has 3 rings (SSSR count). The van der Waals surface area contributed by atoms with E-state index in [0.29, 0.717) is 0 Å². The number of benzene rings is 1. The average molecular weight is 976 g/mol. The number of ketones is 2. The van der Waals surface area contributed by atoms with Gasteiger partial charge in [-0.15, -0.1) is 0 Å². The number of H-pyrrole nitrogens is 1. The van der Waals surface area contributed by atoms with E-state index in [1.807, 2.05) is 0 Å². The second kappa shape index (κ2) is 24.2. The molecule has 2 unspecified atom stereocenters. The number of anilines is 4. The fourth-order valence-electron chi connectivity index (χ4n) is 7.07. The van der Waals surface area contributed by atoms with Crippen LogP contribution in [0.4, 0.5) is 23.1 Å². The Labute approximate surface area is 389 Å². The number of hydrogen-bond donors (Lipinski definition) is 13. The molecule has 1 aromatic heterocycles. The molecule has 1 aliphatic heterocycles. The average Bonchev–Trinajstić information content (AvgIpc) is 3.28. The van der Waals surface area contributed by atoms with Gasteiger partial charge in [0.2, 0.25) is 17.4 Å². The molecule has 2 heterocycles. The second-order valence-corrected chi connectivity index (χ2v) is 15.8. The number of rotatable bonds is 27. The van der Waals surface area contributed by atoms with E-state index in [1.165, 1.54) is 12.1 Å². The molecular weight excluding hydrogens is 922 g/mol. The number of nitrogens with one attached hydrogen (secondary N) is 3. The largest absolute Gasteiger partial charge is 0.481 e. The lowest BCUT2D eigenvalue weighted by Crippen LogP contribution is -2.70. The van der Waals surface area contributed by atoms with Crippen molar-refractivity contribution in [1.29, 1.82) is 0 Å². The van der Waals surface area contributed by atoms with Crippen LogP contribution in [0.5, 0.6) is 0 Å². The Hall–Kier alpha value is -7.89. The molecule has 0 saturated heterocycles. The molecule has 0 saturated carbocycles. The molecule has 18 N–H and O–H groups in total. The van der Waals surface area contributed by atoms with E-state index in [1.54, 1.807) is 11.9 Å². The van der Waals surface area contributed by atoms with E-state index in [0.717, 1.165) is 12.1 Å². The Balaban J connectivity index is 2.32. The van der Waals surface area contributed by atoms with Crippen molar-refractivity contribution in [2.75, 3.05) is 41.4 Å². The molecule has 7 atom stereocenters. The summed E-state index contributed by atoms with van der Waals surface area (Å²) in [6.45, 7) is 0.370. The number of aromatic nitrogens is 2. The molecule has 0 aliphatic carbocycles. The van der Waals surface area contributed by atoms with E-state index in [-0.39, 0.29) is 41.1 Å². The van der Waals surface area contributed by atoms with E-state index in [9.17, 15) is 78.3 Å². The highest BCUT2D eigenvalue weighted by Crippen LogP contribution is 2.38. The fraction of sp³-hybridized carbons (Fsp3) is 0.475. The van der Waals surface area contributed by atoms with Crippen LogP contribution in [0.25, 0.3) is 0 Å². The van der Waals surface area contributed by atoms with Crippen LogP contribution in [0.2, 0.25) is 0 Å². The maximum Gasteiger partial charge on any atom is 0.348 e. The van der Waals surface area contributed by atoms with Crippen molar-refractivity contribution in [2.24, 2.45) is 28.9 Å². The molecule has 0 bridgehead atoms. The number of fused-ring (bicyclic) bond motifs is 1. The van der Waals surface area contributed by atoms with Gasteiger partial charge in [0.1, 0.15) is 35.6 Å². The number of aromatic amines is 1. The highest BCUT2D eigenvalue weighted by molar-refractivity contribution is 6.22. The minimum absolute atomic E-state index is 0.117. The number of carbonyl (C=O) groups is 11. The van der Waals surface area contributed by atoms with Gasteiger partial charge >= 0.3 is 41.8 Å². The summed E-state index contributed by atoms with van der Waals surface area (Å²) in [6.07, 6.45) is -9.56. The molecule has 2 aromatic rings. The summed E-state index contributed by atoms with van der Waals surface area (Å²) in [5.74, 6) is -22.1. The Bertz CT molecular complexity index is 2400. The number of likely N-dealkylation sites (N-methyl/N-ethyl adjacent to an activating group) is 1. The van der Waals surface area contributed by atoms with Crippen molar-refractivity contribution in [2.45, 2.75) is 93.5 Å². The monoisotopic (exact) mass is 975 g/mol. The van der Waals surface area contributed by atoms with Crippen molar-refractivity contribution < 1.29 is 83.0 Å². The summed E-state index contributed by atoms with van der Waals surface area (Å²) in [5, 5.41) is 53.9. The van der Waals surface area contributed by atoms with Crippen LogP contribution < -0.4 is 49.8 Å². The number of esters is 2. The van der Waals surface area contributed by atoms with Crippen molar-refractivity contribution >= 4 is 88.3 Å². The minimum Gasteiger partial charge on any atom is -0.481 e. The van der Waals surface area contributed by atoms with E-state index in [2.05, 4.69) is 20.6 Å². The second-order valence-electron chi connectivity index (χ2n) is 15.8. The third-order valence-corrected chi connectivity index (χ3v) is 11.0. The maximum atomic E-state index is 15.0. The number of nitrogens with two attached hydrogens (primary N) is 5. The van der Waals surface area contributed by atoms with Gasteiger partial charge in [-0.1, -0.05) is 0 Å². The van der Waals surface area contributed by atoms with Crippen molar-refractivity contribution in [3.8, 4) is 0 Å². The molecule has 1 aromatic carbocycles. The van der Waals surface area contributed by atoms with E-state index < -0.39 is 176 Å². The van der Waals surface area contributed by atoms with Gasteiger partial charge in [-0.25, -0.2) is 4.79 Å². The maximum absolute atomic E-state index is 15.0. The van der Waals surface area contributed by atoms with Gasteiger partial charge in [0.25, 0.3) is 11.5 Å². The molecule has 69 heavy (non-hydrogen) atoms. The zero-order chi connectivity index (χ0) is 52.1. The van der Waals surface area contributed by atoms with Gasteiger partial charge in [-0.2, -0.15) is 4.98 Å². The molecule has 1 aliphatic rings. The lowest BCUT2D eigenvalue weighted by atomic mass is 9.71. The van der Waals surface area contributed by atoms with Gasteiger partial charge < -0.3 is 74.5 Å². The molecular formula is C40H53N11O18. The van der Waals surface area contributed by atoms with Crippen LogP contribution in [0, 0.1) is 5.92 Å². The lowest BCUT2D eigenvalue weighted by Gasteiger charge is -2.43. The number of imide groups is 1. The Morgan fingerprint density at radius 1 is 0.797 bits per heavy atom. The van der Waals surface area contributed by atoms with Crippen LogP contribution in [-0.2, 0) is 52.7 Å². The predicted octanol–water partition coefficient (Wildman–Crippen LogP) is -3.53. The number of aliphatic carboxylic acids is 5.